The molecule has 0 bridgehead atoms. The Kier molecular flexibility index (Phi) is 2.36. The summed E-state index contributed by atoms with van der Waals surface area (Å²) in [5.74, 6) is 2.10. The maximum atomic E-state index is 5.70. The third kappa shape index (κ3) is 1.56. The lowest BCUT2D eigenvalue weighted by Crippen LogP contribution is -2.21. The van der Waals surface area contributed by atoms with Crippen molar-refractivity contribution in [1.82, 2.24) is 9.97 Å². The number of nitrogens with two attached hydrogens (primary N) is 1. The van der Waals surface area contributed by atoms with Gasteiger partial charge in [0.05, 0.1) is 6.54 Å². The van der Waals surface area contributed by atoms with E-state index >= 15 is 0 Å². The second kappa shape index (κ2) is 3.67. The molecule has 2 rings (SSSR count). The zero-order valence-electron chi connectivity index (χ0n) is 7.91. The molecule has 0 saturated carbocycles. The zero-order chi connectivity index (χ0) is 9.97. The predicted molar refractivity (Wildman–Crippen MR) is 51.1 cm³/mol. The molecule has 2 heterocycles. The van der Waals surface area contributed by atoms with Crippen molar-refractivity contribution in [3.63, 3.8) is 0 Å². The summed E-state index contributed by atoms with van der Waals surface area (Å²) < 4.78 is 10.3. The van der Waals surface area contributed by atoms with Gasteiger partial charge in [-0.05, 0) is 0 Å². The Bertz CT molecular complexity index is 342. The molecule has 0 amide bonds. The fourth-order valence-corrected chi connectivity index (χ4v) is 1.29. The van der Waals surface area contributed by atoms with Gasteiger partial charge in [-0.1, -0.05) is 0 Å². The molecule has 1 aliphatic rings. The lowest BCUT2D eigenvalue weighted by molar-refractivity contribution is 0.177. The lowest BCUT2D eigenvalue weighted by Gasteiger charge is -2.19. The minimum atomic E-state index is 0.346. The van der Waals surface area contributed by atoms with Crippen LogP contribution in [-0.2, 0) is 11.3 Å². The highest BCUT2D eigenvalue weighted by molar-refractivity contribution is 5.62. The summed E-state index contributed by atoms with van der Waals surface area (Å²) in [4.78, 5) is 8.26. The van der Waals surface area contributed by atoms with Crippen LogP contribution < -0.4 is 15.8 Å². The lowest BCUT2D eigenvalue weighted by atomic mass is 10.4. The van der Waals surface area contributed by atoms with Gasteiger partial charge in [-0.15, -0.1) is 0 Å². The SMILES string of the molecule is COCc1nc(N)c2c(n1)NCCO2. The Balaban J connectivity index is 2.36. The third-order valence-electron chi connectivity index (χ3n) is 1.85. The van der Waals surface area contributed by atoms with E-state index in [1.165, 1.54) is 0 Å². The first kappa shape index (κ1) is 9.01. The van der Waals surface area contributed by atoms with Crippen LogP contribution in [0.25, 0.3) is 0 Å². The normalized spacial score (nSPS) is 14.1. The molecule has 76 valence electrons. The highest BCUT2D eigenvalue weighted by Gasteiger charge is 2.16. The van der Waals surface area contributed by atoms with Crippen molar-refractivity contribution in [3.05, 3.63) is 5.82 Å². The van der Waals surface area contributed by atoms with E-state index in [9.17, 15) is 0 Å². The Labute approximate surface area is 81.4 Å². The number of hydrogen-bond acceptors (Lipinski definition) is 6. The highest BCUT2D eigenvalue weighted by atomic mass is 16.5. The number of aromatic nitrogens is 2. The summed E-state index contributed by atoms with van der Waals surface area (Å²) in [5, 5.41) is 3.09. The van der Waals surface area contributed by atoms with Crippen molar-refractivity contribution >= 4 is 11.6 Å². The van der Waals surface area contributed by atoms with Crippen LogP contribution in [0.1, 0.15) is 5.82 Å². The summed E-state index contributed by atoms with van der Waals surface area (Å²) in [6, 6.07) is 0. The van der Waals surface area contributed by atoms with Gasteiger partial charge in [0.25, 0.3) is 0 Å². The van der Waals surface area contributed by atoms with Gasteiger partial charge in [-0.2, -0.15) is 0 Å². The van der Waals surface area contributed by atoms with Crippen LogP contribution in [0.2, 0.25) is 0 Å². The van der Waals surface area contributed by atoms with Crippen LogP contribution >= 0.6 is 0 Å². The molecule has 0 aromatic carbocycles. The van der Waals surface area contributed by atoms with E-state index in [4.69, 9.17) is 15.2 Å². The summed E-state index contributed by atoms with van der Waals surface area (Å²) in [7, 11) is 1.59. The number of nitrogen functional groups attached to an aromatic ring is 1. The molecule has 0 unspecified atom stereocenters. The Morgan fingerprint density at radius 3 is 3.21 bits per heavy atom. The smallest absolute Gasteiger partial charge is 0.204 e. The fourth-order valence-electron chi connectivity index (χ4n) is 1.29. The first-order valence-corrected chi connectivity index (χ1v) is 4.33. The molecule has 1 aliphatic heterocycles. The van der Waals surface area contributed by atoms with Crippen LogP contribution in [0.3, 0.4) is 0 Å². The quantitative estimate of drug-likeness (QED) is 0.693. The van der Waals surface area contributed by atoms with Gasteiger partial charge in [0.15, 0.2) is 17.5 Å². The number of fused-ring (bicyclic) bond motifs is 1. The molecule has 0 saturated heterocycles. The van der Waals surface area contributed by atoms with Crippen molar-refractivity contribution in [3.8, 4) is 5.75 Å². The second-order valence-corrected chi connectivity index (χ2v) is 2.91. The molecule has 1 aromatic rings. The standard InChI is InChI=1S/C8H12N4O2/c1-13-4-5-11-7(9)6-8(12-5)10-2-3-14-6/h2-4H2,1H3,(H3,9,10,11,12). The number of nitrogens with zero attached hydrogens (tertiary/aromatic N) is 2. The van der Waals surface area contributed by atoms with Crippen molar-refractivity contribution < 1.29 is 9.47 Å². The minimum absolute atomic E-state index is 0.346. The van der Waals surface area contributed by atoms with E-state index in [0.29, 0.717) is 36.4 Å². The predicted octanol–water partition coefficient (Wildman–Crippen LogP) is 0.00950. The van der Waals surface area contributed by atoms with E-state index in [1.807, 2.05) is 0 Å². The molecule has 0 aliphatic carbocycles. The summed E-state index contributed by atoms with van der Waals surface area (Å²) in [5.41, 5.74) is 5.70. The van der Waals surface area contributed by atoms with Crippen LogP contribution in [0.5, 0.6) is 5.75 Å². The van der Waals surface area contributed by atoms with Gasteiger partial charge >= 0.3 is 0 Å². The Hall–Kier alpha value is -1.56. The number of hydrogen-bond donors (Lipinski definition) is 2. The monoisotopic (exact) mass is 196 g/mol. The molecule has 6 nitrogen and oxygen atoms in total. The molecule has 6 heteroatoms. The average Bonchev–Trinajstić information content (AvgIpc) is 2.18. The van der Waals surface area contributed by atoms with E-state index < -0.39 is 0 Å². The number of methoxy groups -OCH3 is 1. The van der Waals surface area contributed by atoms with Gasteiger partial charge in [0.2, 0.25) is 5.75 Å². The largest absolute Gasteiger partial charge is 0.485 e. The minimum Gasteiger partial charge on any atom is -0.485 e. The maximum Gasteiger partial charge on any atom is 0.204 e. The van der Waals surface area contributed by atoms with Gasteiger partial charge in [0, 0.05) is 7.11 Å². The van der Waals surface area contributed by atoms with Crippen LogP contribution in [0.15, 0.2) is 0 Å². The van der Waals surface area contributed by atoms with Gasteiger partial charge in [-0.25, -0.2) is 9.97 Å². The van der Waals surface area contributed by atoms with Crippen LogP contribution in [0.4, 0.5) is 11.6 Å². The van der Waals surface area contributed by atoms with E-state index in [-0.39, 0.29) is 0 Å². The second-order valence-electron chi connectivity index (χ2n) is 2.91. The molecular weight excluding hydrogens is 184 g/mol. The number of ether oxygens (including phenoxy) is 2. The molecule has 14 heavy (non-hydrogen) atoms. The van der Waals surface area contributed by atoms with Gasteiger partial charge in [0.1, 0.15) is 13.2 Å². The van der Waals surface area contributed by atoms with E-state index in [2.05, 4.69) is 15.3 Å². The molecule has 1 aromatic heterocycles. The molecule has 0 spiro atoms. The van der Waals surface area contributed by atoms with Crippen molar-refractivity contribution in [1.29, 1.82) is 0 Å². The zero-order valence-corrected chi connectivity index (χ0v) is 7.91. The number of anilines is 2. The fraction of sp³-hybridized carbons (Fsp3) is 0.500. The molecule has 0 radical (unpaired) electrons. The first-order valence-electron chi connectivity index (χ1n) is 4.33. The van der Waals surface area contributed by atoms with Gasteiger partial charge < -0.3 is 20.5 Å². The highest BCUT2D eigenvalue weighted by Crippen LogP contribution is 2.29. The van der Waals surface area contributed by atoms with E-state index in [0.717, 1.165) is 6.54 Å². The Morgan fingerprint density at radius 1 is 1.57 bits per heavy atom. The topological polar surface area (TPSA) is 82.3 Å². The Morgan fingerprint density at radius 2 is 2.43 bits per heavy atom. The maximum absolute atomic E-state index is 5.70. The third-order valence-corrected chi connectivity index (χ3v) is 1.85. The van der Waals surface area contributed by atoms with Gasteiger partial charge in [-0.3, -0.25) is 0 Å². The van der Waals surface area contributed by atoms with E-state index in [1.54, 1.807) is 7.11 Å². The van der Waals surface area contributed by atoms with Crippen LogP contribution in [-0.4, -0.2) is 30.2 Å². The molecule has 3 N–H and O–H groups in total. The molecule has 0 fully saturated rings. The van der Waals surface area contributed by atoms with Crippen molar-refractivity contribution in [2.24, 2.45) is 0 Å². The average molecular weight is 196 g/mol. The summed E-state index contributed by atoms with van der Waals surface area (Å²) in [6.45, 7) is 1.67. The number of rotatable bonds is 2. The number of nitrogens with one attached hydrogen (secondary N) is 1. The van der Waals surface area contributed by atoms with Crippen molar-refractivity contribution in [2.45, 2.75) is 6.61 Å². The summed E-state index contributed by atoms with van der Waals surface area (Å²) in [6.07, 6.45) is 0. The molecule has 0 atom stereocenters. The summed E-state index contributed by atoms with van der Waals surface area (Å²) >= 11 is 0. The van der Waals surface area contributed by atoms with Crippen LogP contribution in [0, 0.1) is 0 Å². The van der Waals surface area contributed by atoms with Crippen molar-refractivity contribution in [2.75, 3.05) is 31.3 Å². The molecular formula is C8H12N4O2. The first-order chi connectivity index (χ1) is 6.81.